The second kappa shape index (κ2) is 8.38. The summed E-state index contributed by atoms with van der Waals surface area (Å²) in [6.07, 6.45) is -2.32. The highest BCUT2D eigenvalue weighted by Gasteiger charge is 2.34. The summed E-state index contributed by atoms with van der Waals surface area (Å²) in [6.45, 7) is 2.05. The summed E-state index contributed by atoms with van der Waals surface area (Å²) in [4.78, 5) is 16.5. The number of carbonyl (C=O) groups is 1. The molecule has 0 spiro atoms. The maximum absolute atomic E-state index is 12.8. The summed E-state index contributed by atoms with van der Waals surface area (Å²) >= 11 is 0. The van der Waals surface area contributed by atoms with Crippen molar-refractivity contribution < 1.29 is 26.4 Å². The molecule has 1 aliphatic rings. The van der Waals surface area contributed by atoms with E-state index in [2.05, 4.69) is 10.3 Å². The van der Waals surface area contributed by atoms with Crippen LogP contribution in [0.15, 0.2) is 35.5 Å². The zero-order valence-corrected chi connectivity index (χ0v) is 17.4. The second-order valence-electron chi connectivity index (χ2n) is 7.33. The van der Waals surface area contributed by atoms with Crippen molar-refractivity contribution in [3.8, 4) is 0 Å². The first kappa shape index (κ1) is 22.3. The minimum Gasteiger partial charge on any atom is -0.352 e. The number of amides is 1. The van der Waals surface area contributed by atoms with Crippen LogP contribution in [0.4, 0.5) is 13.2 Å². The van der Waals surface area contributed by atoms with Gasteiger partial charge in [-0.3, -0.25) is 4.79 Å². The zero-order valence-electron chi connectivity index (χ0n) is 16.6. The fraction of sp³-hybridized carbons (Fsp3) is 0.474. The number of halogens is 3. The number of imidazole rings is 1. The van der Waals surface area contributed by atoms with E-state index in [1.165, 1.54) is 22.6 Å². The van der Waals surface area contributed by atoms with E-state index in [0.29, 0.717) is 24.2 Å². The Labute approximate surface area is 172 Å². The molecular formula is C19H23F3N4O3S. The maximum atomic E-state index is 12.8. The van der Waals surface area contributed by atoms with E-state index in [0.717, 1.165) is 12.1 Å². The topological polar surface area (TPSA) is 84.3 Å². The highest BCUT2D eigenvalue weighted by molar-refractivity contribution is 7.89. The fourth-order valence-corrected chi connectivity index (χ4v) is 4.83. The number of carbonyl (C=O) groups excluding carboxylic acids is 1. The van der Waals surface area contributed by atoms with Crippen LogP contribution in [0.25, 0.3) is 0 Å². The molecule has 7 nitrogen and oxygen atoms in total. The van der Waals surface area contributed by atoms with Gasteiger partial charge in [-0.05, 0) is 37.5 Å². The van der Waals surface area contributed by atoms with Crippen LogP contribution in [0.2, 0.25) is 0 Å². The van der Waals surface area contributed by atoms with Gasteiger partial charge in [0.1, 0.15) is 5.82 Å². The van der Waals surface area contributed by atoms with Gasteiger partial charge in [0.15, 0.2) is 5.03 Å². The van der Waals surface area contributed by atoms with Gasteiger partial charge >= 0.3 is 6.18 Å². The highest BCUT2D eigenvalue weighted by atomic mass is 32.2. The molecule has 0 saturated carbocycles. The van der Waals surface area contributed by atoms with Crippen LogP contribution in [0.1, 0.15) is 29.8 Å². The average molecular weight is 444 g/mol. The van der Waals surface area contributed by atoms with Gasteiger partial charge in [-0.25, -0.2) is 13.4 Å². The van der Waals surface area contributed by atoms with Crippen LogP contribution in [0, 0.1) is 12.8 Å². The Morgan fingerprint density at radius 2 is 1.93 bits per heavy atom. The standard InChI is InChI=1S/C19H23F3N4O3S/c1-13-24-17(12-25(13)2)30(28,29)26-8-6-15(7-9-26)18(27)23-11-14-4-3-5-16(10-14)19(20,21)22/h3-5,10,12,15H,6-9,11H2,1-2H3,(H,23,27). The third-order valence-corrected chi connectivity index (χ3v) is 7.01. The molecule has 1 fully saturated rings. The Morgan fingerprint density at radius 3 is 2.50 bits per heavy atom. The van der Waals surface area contributed by atoms with Gasteiger partial charge in [0.05, 0.1) is 5.56 Å². The second-order valence-corrected chi connectivity index (χ2v) is 9.22. The van der Waals surface area contributed by atoms with Crippen LogP contribution in [0.5, 0.6) is 0 Å². The first-order valence-electron chi connectivity index (χ1n) is 9.42. The normalized spacial score (nSPS) is 16.6. The minimum atomic E-state index is -4.44. The Kier molecular flexibility index (Phi) is 6.23. The molecule has 0 atom stereocenters. The fourth-order valence-electron chi connectivity index (χ4n) is 3.33. The van der Waals surface area contributed by atoms with Crippen LogP contribution >= 0.6 is 0 Å². The number of aryl methyl sites for hydroxylation is 2. The van der Waals surface area contributed by atoms with E-state index < -0.39 is 27.7 Å². The van der Waals surface area contributed by atoms with E-state index in [1.54, 1.807) is 18.5 Å². The Balaban J connectivity index is 1.55. The van der Waals surface area contributed by atoms with Crippen molar-refractivity contribution in [3.05, 3.63) is 47.4 Å². The number of piperidine rings is 1. The van der Waals surface area contributed by atoms with Crippen LogP contribution in [0.3, 0.4) is 0 Å². The lowest BCUT2D eigenvalue weighted by atomic mass is 9.97. The minimum absolute atomic E-state index is 0.0186. The van der Waals surface area contributed by atoms with Crippen LogP contribution < -0.4 is 5.32 Å². The molecule has 1 amide bonds. The number of alkyl halides is 3. The molecule has 1 aromatic heterocycles. The molecule has 1 aliphatic heterocycles. The Morgan fingerprint density at radius 1 is 1.27 bits per heavy atom. The highest BCUT2D eigenvalue weighted by Crippen LogP contribution is 2.29. The summed E-state index contributed by atoms with van der Waals surface area (Å²) in [5, 5.41) is 2.63. The van der Waals surface area contributed by atoms with E-state index in [-0.39, 0.29) is 30.6 Å². The lowest BCUT2D eigenvalue weighted by Gasteiger charge is -2.30. The lowest BCUT2D eigenvalue weighted by Crippen LogP contribution is -2.43. The van der Waals surface area contributed by atoms with Crippen molar-refractivity contribution in [3.63, 3.8) is 0 Å². The third kappa shape index (κ3) is 4.84. The first-order valence-corrected chi connectivity index (χ1v) is 10.9. The molecule has 0 aliphatic carbocycles. The largest absolute Gasteiger partial charge is 0.416 e. The number of aromatic nitrogens is 2. The number of nitrogens with zero attached hydrogens (tertiary/aromatic N) is 3. The van der Waals surface area contributed by atoms with Crippen molar-refractivity contribution >= 4 is 15.9 Å². The molecule has 2 aromatic rings. The molecule has 3 rings (SSSR count). The Bertz CT molecular complexity index is 1010. The predicted octanol–water partition coefficient (Wildman–Crippen LogP) is 2.46. The van der Waals surface area contributed by atoms with Crippen LogP contribution in [-0.4, -0.2) is 41.3 Å². The SMILES string of the molecule is Cc1nc(S(=O)(=O)N2CCC(C(=O)NCc3cccc(C(F)(F)F)c3)CC2)cn1C. The molecule has 2 heterocycles. The van der Waals surface area contributed by atoms with Gasteiger partial charge in [0.25, 0.3) is 10.0 Å². The van der Waals surface area contributed by atoms with Crippen molar-refractivity contribution in [2.45, 2.75) is 37.5 Å². The molecule has 1 aromatic carbocycles. The molecule has 1 saturated heterocycles. The molecule has 164 valence electrons. The van der Waals surface area contributed by atoms with Crippen molar-refractivity contribution in [2.24, 2.45) is 13.0 Å². The number of hydrogen-bond donors (Lipinski definition) is 1. The zero-order chi connectivity index (χ0) is 22.1. The number of sulfonamides is 1. The van der Waals surface area contributed by atoms with Crippen molar-refractivity contribution in [1.29, 1.82) is 0 Å². The van der Waals surface area contributed by atoms with Gasteiger partial charge in [0.2, 0.25) is 5.91 Å². The summed E-state index contributed by atoms with van der Waals surface area (Å²) in [7, 11) is -2.01. The smallest absolute Gasteiger partial charge is 0.352 e. The maximum Gasteiger partial charge on any atom is 0.416 e. The van der Waals surface area contributed by atoms with Crippen LogP contribution in [-0.2, 0) is 34.6 Å². The average Bonchev–Trinajstić information content (AvgIpc) is 3.05. The lowest BCUT2D eigenvalue weighted by molar-refractivity contribution is -0.137. The summed E-state index contributed by atoms with van der Waals surface area (Å²) < 4.78 is 66.7. The first-order chi connectivity index (χ1) is 14.0. The number of hydrogen-bond acceptors (Lipinski definition) is 4. The van der Waals surface area contributed by atoms with E-state index in [1.807, 2.05) is 0 Å². The van der Waals surface area contributed by atoms with Gasteiger partial charge in [-0.15, -0.1) is 0 Å². The number of benzene rings is 1. The van der Waals surface area contributed by atoms with E-state index in [9.17, 15) is 26.4 Å². The third-order valence-electron chi connectivity index (χ3n) is 5.24. The molecule has 1 N–H and O–H groups in total. The summed E-state index contributed by atoms with van der Waals surface area (Å²) in [6, 6.07) is 4.79. The monoisotopic (exact) mass is 444 g/mol. The summed E-state index contributed by atoms with van der Waals surface area (Å²) in [5.74, 6) is -0.108. The molecule has 0 unspecified atom stereocenters. The number of rotatable bonds is 5. The molecular weight excluding hydrogens is 421 g/mol. The molecule has 11 heteroatoms. The van der Waals surface area contributed by atoms with E-state index >= 15 is 0 Å². The number of nitrogens with one attached hydrogen (secondary N) is 1. The van der Waals surface area contributed by atoms with Gasteiger partial charge in [0, 0.05) is 38.8 Å². The quantitative estimate of drug-likeness (QED) is 0.768. The molecule has 30 heavy (non-hydrogen) atoms. The summed E-state index contributed by atoms with van der Waals surface area (Å²) in [5.41, 5.74) is -0.416. The Hall–Kier alpha value is -2.40. The van der Waals surface area contributed by atoms with Gasteiger partial charge < -0.3 is 9.88 Å². The van der Waals surface area contributed by atoms with Gasteiger partial charge in [-0.1, -0.05) is 12.1 Å². The molecule has 0 radical (unpaired) electrons. The van der Waals surface area contributed by atoms with Crippen molar-refractivity contribution in [1.82, 2.24) is 19.2 Å². The van der Waals surface area contributed by atoms with Crippen molar-refractivity contribution in [2.75, 3.05) is 13.1 Å². The predicted molar refractivity (Wildman–Crippen MR) is 103 cm³/mol. The van der Waals surface area contributed by atoms with E-state index in [4.69, 9.17) is 0 Å². The van der Waals surface area contributed by atoms with Gasteiger partial charge in [-0.2, -0.15) is 17.5 Å². The molecule has 0 bridgehead atoms.